The number of anilines is 1. The summed E-state index contributed by atoms with van der Waals surface area (Å²) in [5.41, 5.74) is 2.49. The fourth-order valence-electron chi connectivity index (χ4n) is 2.16. The van der Waals surface area contributed by atoms with Gasteiger partial charge in [0.2, 0.25) is 5.91 Å². The van der Waals surface area contributed by atoms with E-state index in [0.717, 1.165) is 17.8 Å². The van der Waals surface area contributed by atoms with Crippen LogP contribution in [0.1, 0.15) is 36.2 Å². The predicted octanol–water partition coefficient (Wildman–Crippen LogP) is 1.30. The third kappa shape index (κ3) is 3.81. The lowest BCUT2D eigenvalue weighted by Crippen LogP contribution is -2.34. The standard InChI is InChI=1S/C15H21N3O2/c1-10(2)16-7-8-17-15(20)12-3-5-13-11(9-12)4-6-14(19)18-13/h3,5,9-10,16H,4,6-8H2,1-2H3,(H,17,20)(H,18,19). The molecule has 5 heteroatoms. The van der Waals surface area contributed by atoms with Gasteiger partial charge in [-0.25, -0.2) is 0 Å². The number of hydrogen-bond donors (Lipinski definition) is 3. The van der Waals surface area contributed by atoms with Crippen LogP contribution in [0.3, 0.4) is 0 Å². The molecule has 0 fully saturated rings. The number of amides is 2. The van der Waals surface area contributed by atoms with Gasteiger partial charge in [0.05, 0.1) is 0 Å². The number of nitrogens with one attached hydrogen (secondary N) is 3. The van der Waals surface area contributed by atoms with E-state index in [2.05, 4.69) is 29.8 Å². The van der Waals surface area contributed by atoms with Crippen LogP contribution in [0.2, 0.25) is 0 Å². The molecule has 0 saturated heterocycles. The first kappa shape index (κ1) is 14.5. The van der Waals surface area contributed by atoms with E-state index >= 15 is 0 Å². The first-order valence-corrected chi connectivity index (χ1v) is 7.00. The topological polar surface area (TPSA) is 70.2 Å². The summed E-state index contributed by atoms with van der Waals surface area (Å²) in [5, 5.41) is 8.94. The molecule has 2 amide bonds. The molecule has 20 heavy (non-hydrogen) atoms. The summed E-state index contributed by atoms with van der Waals surface area (Å²) >= 11 is 0. The zero-order valence-electron chi connectivity index (χ0n) is 12.0. The van der Waals surface area contributed by atoms with Crippen molar-refractivity contribution in [3.05, 3.63) is 29.3 Å². The molecule has 2 rings (SSSR count). The highest BCUT2D eigenvalue weighted by atomic mass is 16.2. The zero-order chi connectivity index (χ0) is 14.5. The smallest absolute Gasteiger partial charge is 0.251 e. The van der Waals surface area contributed by atoms with Crippen LogP contribution in [0.5, 0.6) is 0 Å². The van der Waals surface area contributed by atoms with E-state index in [0.29, 0.717) is 31.0 Å². The van der Waals surface area contributed by atoms with Crippen LogP contribution in [0.4, 0.5) is 5.69 Å². The van der Waals surface area contributed by atoms with Gasteiger partial charge in [-0.2, -0.15) is 0 Å². The van der Waals surface area contributed by atoms with Gasteiger partial charge in [0.15, 0.2) is 0 Å². The summed E-state index contributed by atoms with van der Waals surface area (Å²) in [4.78, 5) is 23.3. The molecule has 0 bridgehead atoms. The summed E-state index contributed by atoms with van der Waals surface area (Å²) in [6.07, 6.45) is 1.17. The summed E-state index contributed by atoms with van der Waals surface area (Å²) < 4.78 is 0. The van der Waals surface area contributed by atoms with Gasteiger partial charge in [0, 0.05) is 36.8 Å². The van der Waals surface area contributed by atoms with Crippen LogP contribution in [-0.2, 0) is 11.2 Å². The first-order chi connectivity index (χ1) is 9.56. The summed E-state index contributed by atoms with van der Waals surface area (Å²) in [7, 11) is 0. The largest absolute Gasteiger partial charge is 0.351 e. The average Bonchev–Trinajstić information content (AvgIpc) is 2.42. The minimum atomic E-state index is -0.0738. The fourth-order valence-corrected chi connectivity index (χ4v) is 2.16. The van der Waals surface area contributed by atoms with Crippen molar-refractivity contribution >= 4 is 17.5 Å². The molecule has 1 aliphatic rings. The van der Waals surface area contributed by atoms with Crippen molar-refractivity contribution in [2.75, 3.05) is 18.4 Å². The summed E-state index contributed by atoms with van der Waals surface area (Å²) in [5.74, 6) is -0.0373. The number of carbonyl (C=O) groups is 2. The summed E-state index contributed by atoms with van der Waals surface area (Å²) in [6.45, 7) is 5.49. The molecule has 0 aromatic heterocycles. The Kier molecular flexibility index (Phi) is 4.74. The van der Waals surface area contributed by atoms with Gasteiger partial charge in [0.25, 0.3) is 5.91 Å². The van der Waals surface area contributed by atoms with Crippen molar-refractivity contribution in [1.29, 1.82) is 0 Å². The highest BCUT2D eigenvalue weighted by Gasteiger charge is 2.16. The van der Waals surface area contributed by atoms with Gasteiger partial charge in [-0.1, -0.05) is 13.8 Å². The quantitative estimate of drug-likeness (QED) is 0.709. The highest BCUT2D eigenvalue weighted by molar-refractivity contribution is 5.97. The van der Waals surface area contributed by atoms with Gasteiger partial charge in [-0.15, -0.1) is 0 Å². The van der Waals surface area contributed by atoms with E-state index < -0.39 is 0 Å². The molecule has 1 aromatic carbocycles. The van der Waals surface area contributed by atoms with Crippen molar-refractivity contribution in [2.24, 2.45) is 0 Å². The number of rotatable bonds is 5. The Bertz CT molecular complexity index is 512. The van der Waals surface area contributed by atoms with E-state index in [1.54, 1.807) is 12.1 Å². The molecule has 0 unspecified atom stereocenters. The van der Waals surface area contributed by atoms with Crippen LogP contribution in [0.25, 0.3) is 0 Å². The third-order valence-corrected chi connectivity index (χ3v) is 3.23. The van der Waals surface area contributed by atoms with E-state index in [4.69, 9.17) is 0 Å². The van der Waals surface area contributed by atoms with Crippen LogP contribution >= 0.6 is 0 Å². The molecule has 1 heterocycles. The Labute approximate surface area is 119 Å². The second kappa shape index (κ2) is 6.52. The Balaban J connectivity index is 1.92. The minimum Gasteiger partial charge on any atom is -0.351 e. The minimum absolute atomic E-state index is 0.0365. The van der Waals surface area contributed by atoms with Crippen LogP contribution in [-0.4, -0.2) is 30.9 Å². The van der Waals surface area contributed by atoms with Crippen LogP contribution < -0.4 is 16.0 Å². The normalized spacial score (nSPS) is 13.8. The number of benzene rings is 1. The molecular formula is C15H21N3O2. The molecule has 0 atom stereocenters. The second-order valence-electron chi connectivity index (χ2n) is 5.28. The van der Waals surface area contributed by atoms with Gasteiger partial charge in [0.1, 0.15) is 0 Å². The second-order valence-corrected chi connectivity index (χ2v) is 5.28. The van der Waals surface area contributed by atoms with Crippen molar-refractivity contribution in [3.63, 3.8) is 0 Å². The SMILES string of the molecule is CC(C)NCCNC(=O)c1ccc2c(c1)CCC(=O)N2. The van der Waals surface area contributed by atoms with E-state index in [1.165, 1.54) is 0 Å². The molecule has 0 radical (unpaired) electrons. The molecule has 108 valence electrons. The van der Waals surface area contributed by atoms with Gasteiger partial charge >= 0.3 is 0 Å². The molecular weight excluding hydrogens is 254 g/mol. The molecule has 5 nitrogen and oxygen atoms in total. The Morgan fingerprint density at radius 1 is 1.30 bits per heavy atom. The summed E-state index contributed by atoms with van der Waals surface area (Å²) in [6, 6.07) is 5.82. The number of hydrogen-bond acceptors (Lipinski definition) is 3. The highest BCUT2D eigenvalue weighted by Crippen LogP contribution is 2.23. The van der Waals surface area contributed by atoms with Gasteiger partial charge < -0.3 is 16.0 Å². The Morgan fingerprint density at radius 2 is 2.10 bits per heavy atom. The third-order valence-electron chi connectivity index (χ3n) is 3.23. The average molecular weight is 275 g/mol. The number of carbonyl (C=O) groups excluding carboxylic acids is 2. The van der Waals surface area contributed by atoms with Crippen LogP contribution in [0.15, 0.2) is 18.2 Å². The lowest BCUT2D eigenvalue weighted by atomic mass is 10.00. The van der Waals surface area contributed by atoms with Gasteiger partial charge in [-0.3, -0.25) is 9.59 Å². The lowest BCUT2D eigenvalue weighted by Gasteiger charge is -2.17. The van der Waals surface area contributed by atoms with Crippen molar-refractivity contribution in [3.8, 4) is 0 Å². The molecule has 0 spiro atoms. The Hall–Kier alpha value is -1.88. The van der Waals surface area contributed by atoms with E-state index in [1.807, 2.05) is 6.07 Å². The molecule has 3 N–H and O–H groups in total. The first-order valence-electron chi connectivity index (χ1n) is 7.00. The number of aryl methyl sites for hydroxylation is 1. The molecule has 0 aliphatic carbocycles. The molecule has 1 aliphatic heterocycles. The monoisotopic (exact) mass is 275 g/mol. The molecule has 0 saturated carbocycles. The lowest BCUT2D eigenvalue weighted by molar-refractivity contribution is -0.116. The van der Waals surface area contributed by atoms with E-state index in [-0.39, 0.29) is 11.8 Å². The predicted molar refractivity (Wildman–Crippen MR) is 78.9 cm³/mol. The number of fused-ring (bicyclic) bond motifs is 1. The van der Waals surface area contributed by atoms with Crippen molar-refractivity contribution in [2.45, 2.75) is 32.7 Å². The molecule has 1 aromatic rings. The van der Waals surface area contributed by atoms with Crippen LogP contribution in [0, 0.1) is 0 Å². The Morgan fingerprint density at radius 3 is 2.85 bits per heavy atom. The maximum atomic E-state index is 12.0. The van der Waals surface area contributed by atoms with Crippen molar-refractivity contribution in [1.82, 2.24) is 10.6 Å². The zero-order valence-corrected chi connectivity index (χ0v) is 12.0. The van der Waals surface area contributed by atoms with Gasteiger partial charge in [-0.05, 0) is 30.2 Å². The maximum Gasteiger partial charge on any atom is 0.251 e. The van der Waals surface area contributed by atoms with Crippen molar-refractivity contribution < 1.29 is 9.59 Å². The maximum absolute atomic E-state index is 12.0. The van der Waals surface area contributed by atoms with E-state index in [9.17, 15) is 9.59 Å². The fraction of sp³-hybridized carbons (Fsp3) is 0.467.